The summed E-state index contributed by atoms with van der Waals surface area (Å²) >= 11 is -3.26. The minimum absolute atomic E-state index is 1.14. The molecule has 0 heterocycles. The molecule has 0 N–H and O–H groups in total. The molecule has 7 aromatic carbocycles. The molecule has 0 bridgehead atoms. The third kappa shape index (κ3) is 5.64. The maximum absolute atomic E-state index is 3.26. The van der Waals surface area contributed by atoms with Gasteiger partial charge < -0.3 is 0 Å². The Labute approximate surface area is 269 Å². The average molecular weight is 638 g/mol. The molecule has 0 spiro atoms. The first-order valence-corrected chi connectivity index (χ1v) is 19.7. The minimum atomic E-state index is -3.26. The predicted molar refractivity (Wildman–Crippen MR) is 195 cm³/mol. The summed E-state index contributed by atoms with van der Waals surface area (Å²) in [5.41, 5.74) is 7.11. The molecule has 2 heteroatoms. The molecule has 0 saturated heterocycles. The summed E-state index contributed by atoms with van der Waals surface area (Å²) in [6.45, 7) is 2.13. The monoisotopic (exact) mass is 639 g/mol. The van der Waals surface area contributed by atoms with Crippen LogP contribution in [-0.2, 0) is 0 Å². The van der Waals surface area contributed by atoms with Crippen molar-refractivity contribution >= 4 is 47.9 Å². The third-order valence-electron chi connectivity index (χ3n) is 8.70. The molecule has 0 amide bonds. The van der Waals surface area contributed by atoms with Gasteiger partial charge in [0, 0.05) is 0 Å². The van der Waals surface area contributed by atoms with Crippen molar-refractivity contribution in [2.45, 2.75) is 6.92 Å². The van der Waals surface area contributed by atoms with Crippen LogP contribution in [0.2, 0.25) is 0 Å². The zero-order chi connectivity index (χ0) is 30.5. The number of rotatable bonds is 8. The van der Waals surface area contributed by atoms with E-state index in [9.17, 15) is 0 Å². The fourth-order valence-electron chi connectivity index (χ4n) is 6.50. The standard InChI is InChI=1S/C43H35GeN/c1-34-22-30-42(31-23-34)45(41-20-12-5-13-21-41)43-32-26-36(27-33-43)35-24-28-40(29-25-35)44(37-14-6-2-7-15-37,38-16-8-3-9-17-38)39-18-10-4-11-19-39/h2-33H,1H3. The molecular formula is C43H35GeN. The first-order valence-electron chi connectivity index (χ1n) is 15.5. The molecule has 0 radical (unpaired) electrons. The van der Waals surface area contributed by atoms with Crippen molar-refractivity contribution in [1.82, 2.24) is 0 Å². The Hall–Kier alpha value is -5.12. The summed E-state index contributed by atoms with van der Waals surface area (Å²) in [5, 5.41) is 0. The van der Waals surface area contributed by atoms with Gasteiger partial charge in [0.05, 0.1) is 0 Å². The number of hydrogen-bond donors (Lipinski definition) is 0. The van der Waals surface area contributed by atoms with E-state index in [1.54, 1.807) is 0 Å². The Morgan fingerprint density at radius 3 is 1.04 bits per heavy atom. The number of nitrogens with zero attached hydrogens (tertiary/aromatic N) is 1. The number of para-hydroxylation sites is 1. The van der Waals surface area contributed by atoms with Crippen LogP contribution in [0.4, 0.5) is 17.1 Å². The van der Waals surface area contributed by atoms with Gasteiger partial charge in [0.2, 0.25) is 0 Å². The van der Waals surface area contributed by atoms with E-state index in [1.165, 1.54) is 34.3 Å². The van der Waals surface area contributed by atoms with Crippen LogP contribution in [0.5, 0.6) is 0 Å². The molecule has 0 atom stereocenters. The third-order valence-corrected chi connectivity index (χ3v) is 18.8. The van der Waals surface area contributed by atoms with Crippen LogP contribution in [0.15, 0.2) is 194 Å². The second-order valence-corrected chi connectivity index (χ2v) is 19.5. The van der Waals surface area contributed by atoms with Crippen molar-refractivity contribution in [2.75, 3.05) is 4.90 Å². The average Bonchev–Trinajstić information content (AvgIpc) is 3.12. The second kappa shape index (κ2) is 12.9. The van der Waals surface area contributed by atoms with Crippen molar-refractivity contribution in [3.8, 4) is 11.1 Å². The molecule has 0 unspecified atom stereocenters. The van der Waals surface area contributed by atoms with Crippen LogP contribution in [0.3, 0.4) is 0 Å². The summed E-state index contributed by atoms with van der Waals surface area (Å²) in [6.07, 6.45) is 0. The van der Waals surface area contributed by atoms with Gasteiger partial charge in [-0.3, -0.25) is 0 Å². The Morgan fingerprint density at radius 1 is 0.311 bits per heavy atom. The summed E-state index contributed by atoms with van der Waals surface area (Å²) in [7, 11) is 0. The van der Waals surface area contributed by atoms with Gasteiger partial charge in [-0.1, -0.05) is 11.6 Å². The molecule has 0 aromatic heterocycles. The Bertz CT molecular complexity index is 1860. The molecular weight excluding hydrogens is 603 g/mol. The van der Waals surface area contributed by atoms with E-state index in [-0.39, 0.29) is 0 Å². The molecule has 0 aliphatic carbocycles. The van der Waals surface area contributed by atoms with Crippen molar-refractivity contribution < 1.29 is 0 Å². The summed E-state index contributed by atoms with van der Waals surface area (Å²) in [4.78, 5) is 2.31. The van der Waals surface area contributed by atoms with Gasteiger partial charge in [-0.25, -0.2) is 0 Å². The van der Waals surface area contributed by atoms with E-state index in [4.69, 9.17) is 0 Å². The summed E-state index contributed by atoms with van der Waals surface area (Å²) in [6, 6.07) is 71.2. The molecule has 7 rings (SSSR count). The number of aryl methyl sites for hydroxylation is 1. The van der Waals surface area contributed by atoms with Crippen molar-refractivity contribution in [2.24, 2.45) is 0 Å². The summed E-state index contributed by atoms with van der Waals surface area (Å²) < 4.78 is 5.73. The van der Waals surface area contributed by atoms with Crippen LogP contribution in [-0.4, -0.2) is 13.3 Å². The van der Waals surface area contributed by atoms with Crippen LogP contribution in [0.25, 0.3) is 11.1 Å². The number of hydrogen-bond acceptors (Lipinski definition) is 1. The topological polar surface area (TPSA) is 3.24 Å². The van der Waals surface area contributed by atoms with Gasteiger partial charge in [-0.05, 0) is 6.92 Å². The Morgan fingerprint density at radius 2 is 0.622 bits per heavy atom. The molecule has 0 aliphatic rings. The first-order chi connectivity index (χ1) is 22.2. The van der Waals surface area contributed by atoms with Crippen molar-refractivity contribution in [3.05, 3.63) is 200 Å². The molecule has 1 nitrogen and oxygen atoms in total. The second-order valence-electron chi connectivity index (χ2n) is 11.5. The van der Waals surface area contributed by atoms with Crippen LogP contribution < -0.4 is 22.5 Å². The van der Waals surface area contributed by atoms with Crippen LogP contribution in [0, 0.1) is 6.92 Å². The van der Waals surface area contributed by atoms with E-state index >= 15 is 0 Å². The Balaban J connectivity index is 1.29. The van der Waals surface area contributed by atoms with Crippen LogP contribution >= 0.6 is 0 Å². The molecule has 0 fully saturated rings. The number of anilines is 3. The van der Waals surface area contributed by atoms with Gasteiger partial charge >= 0.3 is 252 Å². The quantitative estimate of drug-likeness (QED) is 0.151. The van der Waals surface area contributed by atoms with Crippen LogP contribution in [0.1, 0.15) is 5.56 Å². The normalized spacial score (nSPS) is 11.2. The zero-order valence-electron chi connectivity index (χ0n) is 25.4. The van der Waals surface area contributed by atoms with Gasteiger partial charge in [0.1, 0.15) is 0 Å². The first kappa shape index (κ1) is 28.6. The van der Waals surface area contributed by atoms with Crippen molar-refractivity contribution in [1.29, 1.82) is 0 Å². The number of benzene rings is 7. The molecule has 216 valence electrons. The SMILES string of the molecule is Cc1ccc(N(c2ccccc2)c2ccc(-c3cc[c]([Ge]([c]4ccccc4)([c]4ccccc4)[c]4ccccc4)cc3)cc2)cc1. The van der Waals surface area contributed by atoms with E-state index < -0.39 is 13.3 Å². The van der Waals surface area contributed by atoms with E-state index in [2.05, 4.69) is 206 Å². The fraction of sp³-hybridized carbons (Fsp3) is 0.0233. The predicted octanol–water partition coefficient (Wildman–Crippen LogP) is 8.51. The van der Waals surface area contributed by atoms with E-state index in [0.29, 0.717) is 0 Å². The summed E-state index contributed by atoms with van der Waals surface area (Å²) in [5.74, 6) is 0. The maximum atomic E-state index is 2.39. The molecule has 0 saturated carbocycles. The van der Waals surface area contributed by atoms with Gasteiger partial charge in [-0.15, -0.1) is 0 Å². The molecule has 45 heavy (non-hydrogen) atoms. The zero-order valence-corrected chi connectivity index (χ0v) is 27.5. The van der Waals surface area contributed by atoms with Gasteiger partial charge in [-0.2, -0.15) is 0 Å². The van der Waals surface area contributed by atoms with Gasteiger partial charge in [0.15, 0.2) is 0 Å². The van der Waals surface area contributed by atoms with E-state index in [1.807, 2.05) is 0 Å². The molecule has 7 aromatic rings. The fourth-order valence-corrected chi connectivity index (χ4v) is 16.5. The van der Waals surface area contributed by atoms with Gasteiger partial charge in [0.25, 0.3) is 0 Å². The van der Waals surface area contributed by atoms with Crippen molar-refractivity contribution in [3.63, 3.8) is 0 Å². The van der Waals surface area contributed by atoms with E-state index in [0.717, 1.165) is 17.1 Å². The Kier molecular flexibility index (Phi) is 8.18. The molecule has 0 aliphatic heterocycles.